The number of rotatable bonds is 11. The summed E-state index contributed by atoms with van der Waals surface area (Å²) in [5.41, 5.74) is 1.50. The molecule has 0 bridgehead atoms. The maximum Gasteiger partial charge on any atom is 0.241 e. The average Bonchev–Trinajstić information content (AvgIpc) is 3.12. The van der Waals surface area contributed by atoms with Crippen LogP contribution in [0.1, 0.15) is 13.8 Å². The van der Waals surface area contributed by atoms with Crippen LogP contribution in [0.3, 0.4) is 0 Å². The number of amides is 3. The van der Waals surface area contributed by atoms with Crippen LogP contribution in [0.5, 0.6) is 0 Å². The van der Waals surface area contributed by atoms with E-state index in [9.17, 15) is 19.6 Å². The minimum absolute atomic E-state index is 0.0346. The maximum atomic E-state index is 13.1. The lowest BCUT2D eigenvalue weighted by atomic mass is 10.1. The average molecular weight is 485 g/mol. The van der Waals surface area contributed by atoms with Gasteiger partial charge in [0.05, 0.1) is 24.4 Å². The number of carbonyl (C=O) groups is 3. The van der Waals surface area contributed by atoms with E-state index in [0.29, 0.717) is 18.8 Å². The molecule has 9 nitrogen and oxygen atoms in total. The van der Waals surface area contributed by atoms with Gasteiger partial charge >= 0.3 is 0 Å². The predicted octanol–water partition coefficient (Wildman–Crippen LogP) is 1.41. The molecule has 1 aromatic carbocycles. The van der Waals surface area contributed by atoms with Crippen LogP contribution in [0.25, 0.3) is 0 Å². The van der Waals surface area contributed by atoms with Crippen LogP contribution >= 0.6 is 11.8 Å². The number of nitrogens with zero attached hydrogens (tertiary/aromatic N) is 3. The highest BCUT2D eigenvalue weighted by Crippen LogP contribution is 2.39. The van der Waals surface area contributed by atoms with E-state index in [4.69, 9.17) is 6.42 Å². The Kier molecular flexibility index (Phi) is 10.2. The number of hydrogen-bond acceptors (Lipinski definition) is 7. The summed E-state index contributed by atoms with van der Waals surface area (Å²) in [6, 6.07) is 9.43. The molecule has 2 rings (SSSR count). The van der Waals surface area contributed by atoms with Crippen LogP contribution in [-0.4, -0.2) is 78.4 Å². The van der Waals surface area contributed by atoms with Crippen LogP contribution in [0.2, 0.25) is 0 Å². The largest absolute Gasteiger partial charge is 0.385 e. The van der Waals surface area contributed by atoms with E-state index in [-0.39, 0.29) is 30.8 Å². The van der Waals surface area contributed by atoms with Crippen LogP contribution in [0.15, 0.2) is 24.3 Å². The molecule has 4 atom stereocenters. The number of nitriles is 1. The Morgan fingerprint density at radius 1 is 1.32 bits per heavy atom. The molecule has 34 heavy (non-hydrogen) atoms. The Morgan fingerprint density at radius 2 is 2.03 bits per heavy atom. The van der Waals surface area contributed by atoms with Crippen LogP contribution in [0, 0.1) is 35.5 Å². The Morgan fingerprint density at radius 3 is 2.65 bits per heavy atom. The number of benzene rings is 1. The topological polar surface area (TPSA) is 118 Å². The fourth-order valence-electron chi connectivity index (χ4n) is 3.62. The zero-order chi connectivity index (χ0) is 25.3. The molecule has 10 heteroatoms. The fraction of sp³-hybridized carbons (Fsp3) is 0.500. The Hall–Kier alpha value is -3.21. The third-order valence-electron chi connectivity index (χ3n) is 5.28. The number of nitrogens with one attached hydrogen (secondary N) is 3. The van der Waals surface area contributed by atoms with Crippen molar-refractivity contribution < 1.29 is 14.4 Å². The standard InChI is InChI=1S/C24H32N6O3S/c1-6-11-26-22(32)19(13-25)24-30(7-2)23(33)21(34-24)16(3)14-27-17-9-8-10-18(12-17)28-20(31)15-29(4)5/h1,8-10,12,16,19,21,24,27H,7,11,14-15H2,2-5H3,(H,26,32)(H,28,31). The van der Waals surface area contributed by atoms with E-state index in [1.165, 1.54) is 11.8 Å². The number of carbonyl (C=O) groups excluding carboxylic acids is 3. The third kappa shape index (κ3) is 7.14. The van der Waals surface area contributed by atoms with Gasteiger partial charge in [-0.15, -0.1) is 18.2 Å². The molecule has 0 aromatic heterocycles. The lowest BCUT2D eigenvalue weighted by Crippen LogP contribution is -2.44. The summed E-state index contributed by atoms with van der Waals surface area (Å²) in [6.07, 6.45) is 5.20. The summed E-state index contributed by atoms with van der Waals surface area (Å²) < 4.78 is 0. The van der Waals surface area contributed by atoms with Gasteiger partial charge in [-0.1, -0.05) is 18.9 Å². The molecular formula is C24H32N6O3S. The smallest absolute Gasteiger partial charge is 0.241 e. The van der Waals surface area contributed by atoms with Gasteiger partial charge in [0.15, 0.2) is 5.92 Å². The van der Waals surface area contributed by atoms with Crippen molar-refractivity contribution in [1.29, 1.82) is 5.26 Å². The number of terminal acetylenes is 1. The van der Waals surface area contributed by atoms with E-state index >= 15 is 0 Å². The summed E-state index contributed by atoms with van der Waals surface area (Å²) in [7, 11) is 3.65. The van der Waals surface area contributed by atoms with Crippen molar-refractivity contribution in [2.24, 2.45) is 11.8 Å². The Labute approximate surface area is 205 Å². The first-order valence-electron chi connectivity index (χ1n) is 11.1. The second-order valence-corrected chi connectivity index (χ2v) is 9.59. The van der Waals surface area contributed by atoms with Gasteiger partial charge in [-0.25, -0.2) is 0 Å². The highest BCUT2D eigenvalue weighted by molar-refractivity contribution is 8.01. The van der Waals surface area contributed by atoms with Crippen LogP contribution < -0.4 is 16.0 Å². The summed E-state index contributed by atoms with van der Waals surface area (Å²) in [6.45, 7) is 5.02. The van der Waals surface area contributed by atoms with Crippen molar-refractivity contribution in [3.63, 3.8) is 0 Å². The molecule has 1 aliphatic heterocycles. The molecule has 0 aliphatic carbocycles. The van der Waals surface area contributed by atoms with Crippen LogP contribution in [0.4, 0.5) is 11.4 Å². The summed E-state index contributed by atoms with van der Waals surface area (Å²) in [5, 5.41) is 17.4. The first kappa shape index (κ1) is 27.0. The molecule has 1 fully saturated rings. The summed E-state index contributed by atoms with van der Waals surface area (Å²) in [5.74, 6) is 0.589. The van der Waals surface area contributed by atoms with Crippen molar-refractivity contribution in [1.82, 2.24) is 15.1 Å². The Balaban J connectivity index is 2.03. The second kappa shape index (κ2) is 12.9. The lowest BCUT2D eigenvalue weighted by molar-refractivity contribution is -0.132. The number of anilines is 2. The predicted molar refractivity (Wildman–Crippen MR) is 135 cm³/mol. The van der Waals surface area contributed by atoms with Crippen molar-refractivity contribution >= 4 is 40.9 Å². The zero-order valence-corrected chi connectivity index (χ0v) is 20.8. The number of likely N-dealkylation sites (N-methyl/N-ethyl adjacent to an activating group) is 1. The molecule has 0 radical (unpaired) electrons. The first-order chi connectivity index (χ1) is 16.2. The summed E-state index contributed by atoms with van der Waals surface area (Å²) in [4.78, 5) is 40.9. The molecule has 4 unspecified atom stereocenters. The molecule has 1 aliphatic rings. The molecule has 182 valence electrons. The van der Waals surface area contributed by atoms with Crippen molar-refractivity contribution in [3.05, 3.63) is 24.3 Å². The van der Waals surface area contributed by atoms with Gasteiger partial charge in [-0.05, 0) is 45.1 Å². The van der Waals surface area contributed by atoms with E-state index in [1.807, 2.05) is 58.3 Å². The van der Waals surface area contributed by atoms with Crippen molar-refractivity contribution in [2.75, 3.05) is 50.9 Å². The first-order valence-corrected chi connectivity index (χ1v) is 12.0. The highest BCUT2D eigenvalue weighted by atomic mass is 32.2. The fourth-order valence-corrected chi connectivity index (χ4v) is 5.28. The number of hydrogen-bond donors (Lipinski definition) is 3. The summed E-state index contributed by atoms with van der Waals surface area (Å²) >= 11 is 1.35. The normalized spacial score (nSPS) is 19.1. The molecule has 0 saturated carbocycles. The molecule has 0 spiro atoms. The van der Waals surface area contributed by atoms with E-state index in [0.717, 1.165) is 5.69 Å². The molecule has 1 saturated heterocycles. The zero-order valence-electron chi connectivity index (χ0n) is 20.0. The van der Waals surface area contributed by atoms with Gasteiger partial charge in [-0.2, -0.15) is 5.26 Å². The van der Waals surface area contributed by atoms with Gasteiger partial charge < -0.3 is 25.8 Å². The highest BCUT2D eigenvalue weighted by Gasteiger charge is 2.47. The molecule has 1 heterocycles. The monoisotopic (exact) mass is 484 g/mol. The quantitative estimate of drug-likeness (QED) is 0.407. The molecule has 3 amide bonds. The molecule has 1 aromatic rings. The van der Waals surface area contributed by atoms with Crippen LogP contribution in [-0.2, 0) is 14.4 Å². The van der Waals surface area contributed by atoms with E-state index in [1.54, 1.807) is 9.80 Å². The van der Waals surface area contributed by atoms with E-state index in [2.05, 4.69) is 21.9 Å². The third-order valence-corrected chi connectivity index (χ3v) is 7.05. The number of thioether (sulfide) groups is 1. The van der Waals surface area contributed by atoms with Crippen molar-refractivity contribution in [3.8, 4) is 18.4 Å². The van der Waals surface area contributed by atoms with Gasteiger partial charge in [0.25, 0.3) is 0 Å². The Bertz CT molecular complexity index is 970. The van der Waals surface area contributed by atoms with Gasteiger partial charge in [0, 0.05) is 24.5 Å². The van der Waals surface area contributed by atoms with Crippen molar-refractivity contribution in [2.45, 2.75) is 24.5 Å². The molecular weight excluding hydrogens is 452 g/mol. The molecule has 3 N–H and O–H groups in total. The minimum Gasteiger partial charge on any atom is -0.385 e. The van der Waals surface area contributed by atoms with Gasteiger partial charge in [0.1, 0.15) is 5.37 Å². The maximum absolute atomic E-state index is 13.1. The van der Waals surface area contributed by atoms with Gasteiger partial charge in [-0.3, -0.25) is 14.4 Å². The lowest BCUT2D eigenvalue weighted by Gasteiger charge is -2.25. The van der Waals surface area contributed by atoms with E-state index < -0.39 is 22.4 Å². The SMILES string of the molecule is C#CCNC(=O)C(C#N)C1SC(C(C)CNc2cccc(NC(=O)CN(C)C)c2)C(=O)N1CC. The second-order valence-electron chi connectivity index (χ2n) is 8.33. The minimum atomic E-state index is -1.00. The van der Waals surface area contributed by atoms with Gasteiger partial charge in [0.2, 0.25) is 17.7 Å².